The third kappa shape index (κ3) is 5.68. The SMILES string of the molecule is Cc1ccc(S(=O)(=O)N2CCNC(=O)C2Cc2cn([C@@H]3CCCc4cc(CN5CCCC5CO)ccc43)nn2)cc1. The Labute approximate surface area is 241 Å². The number of aryl methyl sites for hydroxylation is 2. The van der Waals surface area contributed by atoms with Crippen LogP contribution in [-0.4, -0.2) is 82.0 Å². The van der Waals surface area contributed by atoms with Crippen molar-refractivity contribution in [2.75, 3.05) is 26.2 Å². The first-order valence-corrected chi connectivity index (χ1v) is 16.0. The molecule has 218 valence electrons. The van der Waals surface area contributed by atoms with Crippen molar-refractivity contribution < 1.29 is 18.3 Å². The van der Waals surface area contributed by atoms with Crippen molar-refractivity contribution in [3.8, 4) is 0 Å². The predicted molar refractivity (Wildman–Crippen MR) is 154 cm³/mol. The minimum Gasteiger partial charge on any atom is -0.395 e. The minimum absolute atomic E-state index is 0.0404. The number of aromatic nitrogens is 3. The first kappa shape index (κ1) is 28.0. The number of sulfonamides is 1. The van der Waals surface area contributed by atoms with Crippen molar-refractivity contribution in [2.45, 2.75) is 75.0 Å². The Balaban J connectivity index is 1.20. The molecule has 41 heavy (non-hydrogen) atoms. The quantitative estimate of drug-likeness (QED) is 0.421. The van der Waals surface area contributed by atoms with E-state index in [-0.39, 0.29) is 49.0 Å². The number of nitrogens with zero attached hydrogens (tertiary/aromatic N) is 5. The van der Waals surface area contributed by atoms with Crippen molar-refractivity contribution in [1.82, 2.24) is 29.5 Å². The van der Waals surface area contributed by atoms with Gasteiger partial charge in [0.2, 0.25) is 15.9 Å². The van der Waals surface area contributed by atoms with Gasteiger partial charge in [-0.3, -0.25) is 9.69 Å². The Bertz CT molecular complexity index is 1510. The molecule has 2 aromatic carbocycles. The first-order chi connectivity index (χ1) is 19.8. The molecule has 0 bridgehead atoms. The van der Waals surface area contributed by atoms with Crippen LogP contribution in [0, 0.1) is 6.92 Å². The number of piperazine rings is 1. The minimum atomic E-state index is -3.85. The van der Waals surface area contributed by atoms with E-state index in [1.54, 1.807) is 24.3 Å². The second kappa shape index (κ2) is 11.6. The molecule has 10 nitrogen and oxygen atoms in total. The van der Waals surface area contributed by atoms with Gasteiger partial charge in [0.25, 0.3) is 0 Å². The zero-order valence-electron chi connectivity index (χ0n) is 23.4. The van der Waals surface area contributed by atoms with Crippen LogP contribution in [0.2, 0.25) is 0 Å². The van der Waals surface area contributed by atoms with Crippen molar-refractivity contribution in [1.29, 1.82) is 0 Å². The lowest BCUT2D eigenvalue weighted by atomic mass is 9.86. The predicted octanol–water partition coefficient (Wildman–Crippen LogP) is 2.20. The van der Waals surface area contributed by atoms with E-state index < -0.39 is 16.1 Å². The van der Waals surface area contributed by atoms with Crippen LogP contribution in [0.3, 0.4) is 0 Å². The average molecular weight is 579 g/mol. The van der Waals surface area contributed by atoms with Crippen LogP contribution in [0.1, 0.15) is 59.7 Å². The summed E-state index contributed by atoms with van der Waals surface area (Å²) < 4.78 is 30.2. The lowest BCUT2D eigenvalue weighted by Gasteiger charge is -2.33. The Kier molecular flexibility index (Phi) is 7.95. The van der Waals surface area contributed by atoms with E-state index in [2.05, 4.69) is 38.7 Å². The number of amides is 1. The molecule has 2 unspecified atom stereocenters. The van der Waals surface area contributed by atoms with E-state index in [1.165, 1.54) is 21.0 Å². The second-order valence-electron chi connectivity index (χ2n) is 11.5. The van der Waals surface area contributed by atoms with Crippen molar-refractivity contribution in [2.24, 2.45) is 0 Å². The van der Waals surface area contributed by atoms with Gasteiger partial charge in [-0.05, 0) is 74.4 Å². The topological polar surface area (TPSA) is 121 Å². The van der Waals surface area contributed by atoms with E-state index in [0.717, 1.165) is 50.8 Å². The number of fused-ring (bicyclic) bond motifs is 1. The van der Waals surface area contributed by atoms with Gasteiger partial charge in [0.15, 0.2) is 0 Å². The highest BCUT2D eigenvalue weighted by molar-refractivity contribution is 7.89. The lowest BCUT2D eigenvalue weighted by molar-refractivity contribution is -0.126. The van der Waals surface area contributed by atoms with Crippen LogP contribution in [0.5, 0.6) is 0 Å². The highest BCUT2D eigenvalue weighted by Crippen LogP contribution is 2.34. The molecule has 1 aromatic heterocycles. The molecule has 2 fully saturated rings. The summed E-state index contributed by atoms with van der Waals surface area (Å²) in [6.45, 7) is 4.46. The third-order valence-electron chi connectivity index (χ3n) is 8.77. The van der Waals surface area contributed by atoms with Gasteiger partial charge in [-0.1, -0.05) is 41.1 Å². The van der Waals surface area contributed by atoms with Crippen LogP contribution in [-0.2, 0) is 34.2 Å². The monoisotopic (exact) mass is 578 g/mol. The second-order valence-corrected chi connectivity index (χ2v) is 13.4. The fourth-order valence-electron chi connectivity index (χ4n) is 6.54. The van der Waals surface area contributed by atoms with Gasteiger partial charge in [0, 0.05) is 38.3 Å². The Morgan fingerprint density at radius 2 is 1.90 bits per heavy atom. The van der Waals surface area contributed by atoms with Crippen molar-refractivity contribution in [3.05, 3.63) is 76.6 Å². The molecule has 3 aliphatic rings. The Hall–Kier alpha value is -3.12. The van der Waals surface area contributed by atoms with Gasteiger partial charge < -0.3 is 10.4 Å². The fourth-order valence-corrected chi connectivity index (χ4v) is 8.13. The molecule has 3 heterocycles. The van der Waals surface area contributed by atoms with Crippen LogP contribution in [0.4, 0.5) is 0 Å². The number of aliphatic hydroxyl groups excluding tert-OH is 1. The largest absolute Gasteiger partial charge is 0.395 e. The van der Waals surface area contributed by atoms with E-state index >= 15 is 0 Å². The molecule has 6 rings (SSSR count). The van der Waals surface area contributed by atoms with E-state index in [9.17, 15) is 18.3 Å². The number of benzene rings is 2. The van der Waals surface area contributed by atoms with Gasteiger partial charge in [-0.25, -0.2) is 13.1 Å². The van der Waals surface area contributed by atoms with Gasteiger partial charge in [0.1, 0.15) is 6.04 Å². The van der Waals surface area contributed by atoms with Crippen molar-refractivity contribution >= 4 is 15.9 Å². The molecule has 1 amide bonds. The molecule has 0 saturated carbocycles. The summed E-state index contributed by atoms with van der Waals surface area (Å²) in [6.07, 6.45) is 7.18. The Morgan fingerprint density at radius 3 is 2.71 bits per heavy atom. The number of rotatable bonds is 8. The van der Waals surface area contributed by atoms with Crippen molar-refractivity contribution in [3.63, 3.8) is 0 Å². The van der Waals surface area contributed by atoms with Crippen LogP contribution in [0.25, 0.3) is 0 Å². The van der Waals surface area contributed by atoms with Gasteiger partial charge in [-0.2, -0.15) is 4.31 Å². The summed E-state index contributed by atoms with van der Waals surface area (Å²) in [5, 5.41) is 21.3. The number of likely N-dealkylation sites (tertiary alicyclic amines) is 1. The highest BCUT2D eigenvalue weighted by atomic mass is 32.2. The van der Waals surface area contributed by atoms with E-state index in [0.29, 0.717) is 5.69 Å². The molecule has 2 saturated heterocycles. The fraction of sp³-hybridized carbons (Fsp3) is 0.500. The molecule has 0 spiro atoms. The highest BCUT2D eigenvalue weighted by Gasteiger charge is 2.39. The number of aliphatic hydroxyl groups is 1. The normalized spacial score (nSPS) is 23.9. The smallest absolute Gasteiger partial charge is 0.243 e. The summed E-state index contributed by atoms with van der Waals surface area (Å²) in [7, 11) is -3.85. The van der Waals surface area contributed by atoms with Crippen LogP contribution in [0.15, 0.2) is 53.6 Å². The lowest BCUT2D eigenvalue weighted by Crippen LogP contribution is -2.57. The number of nitrogens with one attached hydrogen (secondary N) is 1. The molecule has 0 radical (unpaired) electrons. The molecule has 2 aliphatic heterocycles. The maximum Gasteiger partial charge on any atom is 0.243 e. The molecular weight excluding hydrogens is 540 g/mol. The number of hydrogen-bond acceptors (Lipinski definition) is 7. The first-order valence-electron chi connectivity index (χ1n) is 14.6. The number of carbonyl (C=O) groups excluding carboxylic acids is 1. The van der Waals surface area contributed by atoms with E-state index in [1.807, 2.05) is 17.8 Å². The Morgan fingerprint density at radius 1 is 1.07 bits per heavy atom. The standard InChI is InChI=1S/C30H38N6O4S/c1-21-7-10-26(11-8-21)41(39,40)36-15-13-31-30(38)29(36)17-24-19-35(33-32-24)28-6-2-4-23-16-22(9-12-27(23)28)18-34-14-3-5-25(34)20-37/h7-12,16,19,25,28-29,37H,2-6,13-15,17-18,20H2,1H3,(H,31,38)/t25?,28-,29?/m1/s1. The summed E-state index contributed by atoms with van der Waals surface area (Å²) in [6, 6.07) is 12.8. The molecule has 3 atom stereocenters. The van der Waals surface area contributed by atoms with Crippen LogP contribution < -0.4 is 5.32 Å². The maximum atomic E-state index is 13.5. The van der Waals surface area contributed by atoms with Gasteiger partial charge in [-0.15, -0.1) is 5.10 Å². The van der Waals surface area contributed by atoms with Crippen LogP contribution >= 0.6 is 0 Å². The summed E-state index contributed by atoms with van der Waals surface area (Å²) in [5.74, 6) is -0.321. The molecule has 11 heteroatoms. The molecule has 2 N–H and O–H groups in total. The summed E-state index contributed by atoms with van der Waals surface area (Å²) in [5.41, 5.74) is 5.37. The number of hydrogen-bond donors (Lipinski definition) is 2. The maximum absolute atomic E-state index is 13.5. The average Bonchev–Trinajstić information content (AvgIpc) is 3.63. The summed E-state index contributed by atoms with van der Waals surface area (Å²) >= 11 is 0. The third-order valence-corrected chi connectivity index (χ3v) is 10.7. The number of carbonyl (C=O) groups is 1. The molecular formula is C30H38N6O4S. The zero-order valence-corrected chi connectivity index (χ0v) is 24.3. The molecule has 1 aliphatic carbocycles. The summed E-state index contributed by atoms with van der Waals surface area (Å²) in [4.78, 5) is 15.5. The van der Waals surface area contributed by atoms with Gasteiger partial charge >= 0.3 is 0 Å². The molecule has 3 aromatic rings. The zero-order chi connectivity index (χ0) is 28.6. The van der Waals surface area contributed by atoms with E-state index in [4.69, 9.17) is 0 Å². The van der Waals surface area contributed by atoms with Gasteiger partial charge in [0.05, 0.1) is 23.2 Å².